The lowest BCUT2D eigenvalue weighted by atomic mass is 10.0. The van der Waals surface area contributed by atoms with E-state index < -0.39 is 10.0 Å². The average Bonchev–Trinajstić information content (AvgIpc) is 3.29. The summed E-state index contributed by atoms with van der Waals surface area (Å²) < 4.78 is 28.5. The van der Waals surface area contributed by atoms with Crippen molar-refractivity contribution in [1.29, 1.82) is 0 Å². The van der Waals surface area contributed by atoms with Gasteiger partial charge in [0.1, 0.15) is 0 Å². The number of ketones is 1. The number of aryl methyl sites for hydroxylation is 1. The fraction of sp³-hybridized carbons (Fsp3) is 0.375. The van der Waals surface area contributed by atoms with E-state index in [-0.39, 0.29) is 17.2 Å². The van der Waals surface area contributed by atoms with Crippen molar-refractivity contribution in [2.45, 2.75) is 41.7 Å². The Labute approximate surface area is 209 Å². The first-order valence-corrected chi connectivity index (χ1v) is 14.4. The van der Waals surface area contributed by atoms with Crippen LogP contribution in [0.3, 0.4) is 0 Å². The minimum absolute atomic E-state index is 0.0153. The van der Waals surface area contributed by atoms with Crippen molar-refractivity contribution in [3.8, 4) is 0 Å². The lowest BCUT2D eigenvalue weighted by molar-refractivity contribution is 0.101. The van der Waals surface area contributed by atoms with Gasteiger partial charge in [0, 0.05) is 24.4 Å². The van der Waals surface area contributed by atoms with E-state index in [0.717, 1.165) is 22.9 Å². The van der Waals surface area contributed by atoms with Gasteiger partial charge in [0.05, 0.1) is 11.4 Å². The molecule has 1 aliphatic heterocycles. The zero-order valence-electron chi connectivity index (χ0n) is 19.2. The third-order valence-corrected chi connectivity index (χ3v) is 9.61. The highest BCUT2D eigenvalue weighted by Gasteiger charge is 2.29. The molecule has 4 rings (SSSR count). The molecule has 7 nitrogen and oxygen atoms in total. The van der Waals surface area contributed by atoms with E-state index in [2.05, 4.69) is 47.6 Å². The van der Waals surface area contributed by atoms with E-state index >= 15 is 0 Å². The molecule has 1 atom stereocenters. The normalized spacial score (nSPS) is 16.9. The third-order valence-electron chi connectivity index (χ3n) is 5.66. The summed E-state index contributed by atoms with van der Waals surface area (Å²) in [6.07, 6.45) is 1.89. The number of Topliss-reactive ketones (excluding diaryl/α,β-unsaturated/α-hetero) is 1. The molecule has 3 aromatic rings. The van der Waals surface area contributed by atoms with Crippen molar-refractivity contribution >= 4 is 44.0 Å². The number of anilines is 1. The highest BCUT2D eigenvalue weighted by Crippen LogP contribution is 2.29. The van der Waals surface area contributed by atoms with Gasteiger partial charge in [-0.15, -0.1) is 10.2 Å². The molecule has 10 heteroatoms. The number of piperidine rings is 1. The lowest BCUT2D eigenvalue weighted by Gasteiger charge is -2.30. The number of hydrogen-bond donors (Lipinski definition) is 1. The van der Waals surface area contributed by atoms with Crippen LogP contribution in [0.2, 0.25) is 0 Å². The monoisotopic (exact) mass is 516 g/mol. The van der Waals surface area contributed by atoms with E-state index in [4.69, 9.17) is 0 Å². The van der Waals surface area contributed by atoms with Gasteiger partial charge in [-0.2, -0.15) is 4.31 Å². The zero-order valence-corrected chi connectivity index (χ0v) is 21.7. The SMILES string of the molecule is Cc1cccc(CSc2nnc(NCC(=O)c3cccc(S(=O)(=O)N4CCCC(C)C4)c3)s2)c1. The van der Waals surface area contributed by atoms with Gasteiger partial charge in [0.25, 0.3) is 0 Å². The van der Waals surface area contributed by atoms with Crippen molar-refractivity contribution in [3.05, 3.63) is 65.2 Å². The second kappa shape index (κ2) is 11.0. The molecule has 0 amide bonds. The maximum Gasteiger partial charge on any atom is 0.243 e. The summed E-state index contributed by atoms with van der Waals surface area (Å²) in [7, 11) is -3.61. The second-order valence-corrected chi connectivity index (χ2v) is 12.7. The number of nitrogens with one attached hydrogen (secondary N) is 1. The van der Waals surface area contributed by atoms with Gasteiger partial charge < -0.3 is 5.32 Å². The van der Waals surface area contributed by atoms with Crippen molar-refractivity contribution in [3.63, 3.8) is 0 Å². The Bertz CT molecular complexity index is 1260. The Balaban J connectivity index is 1.35. The molecule has 0 spiro atoms. The number of aromatic nitrogens is 2. The largest absolute Gasteiger partial charge is 0.353 e. The molecular weight excluding hydrogens is 488 g/mol. The van der Waals surface area contributed by atoms with E-state index in [1.54, 1.807) is 30.0 Å². The first kappa shape index (κ1) is 24.8. The molecule has 180 valence electrons. The maximum atomic E-state index is 13.1. The van der Waals surface area contributed by atoms with Crippen LogP contribution in [0.4, 0.5) is 5.13 Å². The molecule has 1 aliphatic rings. The number of carbonyl (C=O) groups is 1. The average molecular weight is 517 g/mol. The predicted octanol–water partition coefficient (Wildman–Crippen LogP) is 4.85. The first-order chi connectivity index (χ1) is 16.3. The minimum atomic E-state index is -3.61. The fourth-order valence-corrected chi connectivity index (χ4v) is 7.22. The predicted molar refractivity (Wildman–Crippen MR) is 137 cm³/mol. The van der Waals surface area contributed by atoms with E-state index in [9.17, 15) is 13.2 Å². The van der Waals surface area contributed by atoms with Crippen molar-refractivity contribution in [2.24, 2.45) is 5.92 Å². The van der Waals surface area contributed by atoms with Crippen LogP contribution < -0.4 is 5.32 Å². The van der Waals surface area contributed by atoms with Gasteiger partial charge in [-0.05, 0) is 43.4 Å². The molecule has 1 aromatic heterocycles. The number of rotatable bonds is 9. The molecule has 1 unspecified atom stereocenters. The van der Waals surface area contributed by atoms with Crippen LogP contribution >= 0.6 is 23.1 Å². The van der Waals surface area contributed by atoms with Crippen LogP contribution in [0.15, 0.2) is 57.8 Å². The summed E-state index contributed by atoms with van der Waals surface area (Å²) in [6, 6.07) is 14.6. The lowest BCUT2D eigenvalue weighted by Crippen LogP contribution is -2.39. The standard InChI is InChI=1S/C24H28N4O3S3/c1-17-6-3-8-19(12-17)16-32-24-27-26-23(33-24)25-14-22(29)20-9-4-10-21(13-20)34(30,31)28-11-5-7-18(2)15-28/h3-4,6,8-10,12-13,18H,5,7,11,14-16H2,1-2H3,(H,25,26). The number of hydrogen-bond acceptors (Lipinski definition) is 8. The molecule has 0 radical (unpaired) electrons. The Morgan fingerprint density at radius 3 is 2.82 bits per heavy atom. The van der Waals surface area contributed by atoms with Crippen LogP contribution in [-0.4, -0.2) is 48.3 Å². The van der Waals surface area contributed by atoms with Gasteiger partial charge in [-0.3, -0.25) is 4.79 Å². The van der Waals surface area contributed by atoms with Gasteiger partial charge in [0.2, 0.25) is 15.2 Å². The van der Waals surface area contributed by atoms with Crippen LogP contribution in [0.25, 0.3) is 0 Å². The second-order valence-electron chi connectivity index (χ2n) is 8.57. The van der Waals surface area contributed by atoms with Crippen molar-refractivity contribution < 1.29 is 13.2 Å². The fourth-order valence-electron chi connectivity index (χ4n) is 3.89. The van der Waals surface area contributed by atoms with Crippen LogP contribution in [0.5, 0.6) is 0 Å². The summed E-state index contributed by atoms with van der Waals surface area (Å²) in [5.41, 5.74) is 2.80. The van der Waals surface area contributed by atoms with E-state index in [1.165, 1.54) is 32.8 Å². The summed E-state index contributed by atoms with van der Waals surface area (Å²) in [4.78, 5) is 12.9. The number of benzene rings is 2. The molecule has 0 saturated carbocycles. The summed E-state index contributed by atoms with van der Waals surface area (Å²) >= 11 is 3.00. The smallest absolute Gasteiger partial charge is 0.243 e. The summed E-state index contributed by atoms with van der Waals surface area (Å²) in [5.74, 6) is 0.935. The minimum Gasteiger partial charge on any atom is -0.353 e. The van der Waals surface area contributed by atoms with Gasteiger partial charge >= 0.3 is 0 Å². The van der Waals surface area contributed by atoms with E-state index in [1.807, 2.05) is 6.07 Å². The molecule has 0 bridgehead atoms. The highest BCUT2D eigenvalue weighted by atomic mass is 32.2. The number of carbonyl (C=O) groups excluding carboxylic acids is 1. The molecule has 1 fully saturated rings. The van der Waals surface area contributed by atoms with Crippen molar-refractivity contribution in [2.75, 3.05) is 25.0 Å². The summed E-state index contributed by atoms with van der Waals surface area (Å²) in [6.45, 7) is 5.18. The van der Waals surface area contributed by atoms with Crippen molar-refractivity contribution in [1.82, 2.24) is 14.5 Å². The molecule has 2 heterocycles. The molecular formula is C24H28N4O3S3. The zero-order chi connectivity index (χ0) is 24.1. The molecule has 1 saturated heterocycles. The Morgan fingerprint density at radius 1 is 1.21 bits per heavy atom. The van der Waals surface area contributed by atoms with Gasteiger partial charge in [-0.1, -0.05) is 72.0 Å². The molecule has 0 aliphatic carbocycles. The molecule has 34 heavy (non-hydrogen) atoms. The Morgan fingerprint density at radius 2 is 2.03 bits per heavy atom. The molecule has 2 aromatic carbocycles. The summed E-state index contributed by atoms with van der Waals surface area (Å²) in [5, 5.41) is 11.9. The third kappa shape index (κ3) is 6.24. The number of thioether (sulfide) groups is 1. The first-order valence-electron chi connectivity index (χ1n) is 11.2. The van der Waals surface area contributed by atoms with Gasteiger partial charge in [0.15, 0.2) is 10.1 Å². The Kier molecular flexibility index (Phi) is 8.02. The van der Waals surface area contributed by atoms with Crippen LogP contribution in [0.1, 0.15) is 41.3 Å². The quantitative estimate of drug-likeness (QED) is 0.321. The molecule has 1 N–H and O–H groups in total. The van der Waals surface area contributed by atoms with Crippen LogP contribution in [0, 0.1) is 12.8 Å². The topological polar surface area (TPSA) is 92.3 Å². The number of nitrogens with zero attached hydrogens (tertiary/aromatic N) is 3. The Hall–Kier alpha value is -2.27. The maximum absolute atomic E-state index is 13.1. The van der Waals surface area contributed by atoms with E-state index in [0.29, 0.717) is 29.7 Å². The number of sulfonamides is 1. The van der Waals surface area contributed by atoms with Gasteiger partial charge in [-0.25, -0.2) is 8.42 Å². The van der Waals surface area contributed by atoms with Crippen LogP contribution in [-0.2, 0) is 15.8 Å². The highest BCUT2D eigenvalue weighted by molar-refractivity contribution is 8.00.